The summed E-state index contributed by atoms with van der Waals surface area (Å²) >= 11 is 1.65. The number of H-pyrrole nitrogens is 1. The number of halogens is 1. The van der Waals surface area contributed by atoms with Crippen molar-refractivity contribution in [2.45, 2.75) is 18.2 Å². The topological polar surface area (TPSA) is 44.9 Å². The second kappa shape index (κ2) is 8.11. The van der Waals surface area contributed by atoms with Gasteiger partial charge in [0.1, 0.15) is 5.82 Å². The van der Waals surface area contributed by atoms with E-state index < -0.39 is 0 Å². The first kappa shape index (κ1) is 18.0. The van der Waals surface area contributed by atoms with Crippen LogP contribution in [0.15, 0.2) is 60.8 Å². The van der Waals surface area contributed by atoms with Crippen LogP contribution in [0.3, 0.4) is 0 Å². The van der Waals surface area contributed by atoms with Crippen LogP contribution in [0.5, 0.6) is 0 Å². The summed E-state index contributed by atoms with van der Waals surface area (Å²) in [6, 6.07) is 14.5. The molecule has 0 radical (unpaired) electrons. The average molecular weight is 380 g/mol. The summed E-state index contributed by atoms with van der Waals surface area (Å²) in [4.78, 5) is 15.9. The zero-order chi connectivity index (χ0) is 18.6. The Labute approximate surface area is 162 Å². The lowest BCUT2D eigenvalue weighted by atomic mass is 9.94. The molecule has 2 N–H and O–H groups in total. The SMILES string of the molecule is O=C(CSCc1c[nH]c2ccccc12)C1CC(c2ccc(F)cc2)=CCN1. The van der Waals surface area contributed by atoms with Crippen LogP contribution in [0.25, 0.3) is 16.5 Å². The Hall–Kier alpha value is -2.37. The fourth-order valence-electron chi connectivity index (χ4n) is 3.44. The Balaban J connectivity index is 1.33. The quantitative estimate of drug-likeness (QED) is 0.659. The fraction of sp³-hybridized carbons (Fsp3) is 0.227. The number of carbonyl (C=O) groups is 1. The van der Waals surface area contributed by atoms with Gasteiger partial charge >= 0.3 is 0 Å². The molecule has 0 bridgehead atoms. The van der Waals surface area contributed by atoms with Crippen molar-refractivity contribution in [3.8, 4) is 0 Å². The summed E-state index contributed by atoms with van der Waals surface area (Å²) in [5.41, 5.74) is 4.45. The second-order valence-electron chi connectivity index (χ2n) is 6.72. The standard InChI is InChI=1S/C22H21FN2OS/c23-18-7-5-15(6-8-18)16-9-10-24-21(11-16)22(26)14-27-13-17-12-25-20-4-2-1-3-19(17)20/h1-9,12,21,24-25H,10-11,13-14H2. The number of rotatable bonds is 6. The number of hydrogen-bond donors (Lipinski definition) is 2. The van der Waals surface area contributed by atoms with Gasteiger partial charge in [-0.1, -0.05) is 36.4 Å². The summed E-state index contributed by atoms with van der Waals surface area (Å²) in [5, 5.41) is 4.50. The lowest BCUT2D eigenvalue weighted by Crippen LogP contribution is -2.40. The molecule has 5 heteroatoms. The lowest BCUT2D eigenvalue weighted by Gasteiger charge is -2.23. The molecular formula is C22H21FN2OS. The molecule has 1 aliphatic heterocycles. The van der Waals surface area contributed by atoms with Crippen molar-refractivity contribution < 1.29 is 9.18 Å². The third kappa shape index (κ3) is 4.15. The molecule has 2 aromatic carbocycles. The van der Waals surface area contributed by atoms with Gasteiger partial charge < -0.3 is 10.3 Å². The number of ketones is 1. The van der Waals surface area contributed by atoms with E-state index in [4.69, 9.17) is 0 Å². The number of thioether (sulfide) groups is 1. The molecule has 0 amide bonds. The molecule has 138 valence electrons. The van der Waals surface area contributed by atoms with Gasteiger partial charge in [0.05, 0.1) is 11.8 Å². The van der Waals surface area contributed by atoms with E-state index >= 15 is 0 Å². The van der Waals surface area contributed by atoms with Crippen LogP contribution in [0.2, 0.25) is 0 Å². The summed E-state index contributed by atoms with van der Waals surface area (Å²) in [6.07, 6.45) is 4.75. The third-order valence-electron chi connectivity index (χ3n) is 4.92. The Morgan fingerprint density at radius 2 is 1.96 bits per heavy atom. The molecule has 0 saturated heterocycles. The molecule has 0 aliphatic carbocycles. The number of nitrogens with one attached hydrogen (secondary N) is 2. The third-order valence-corrected chi connectivity index (χ3v) is 5.92. The fourth-order valence-corrected chi connectivity index (χ4v) is 4.40. The zero-order valence-electron chi connectivity index (χ0n) is 14.9. The lowest BCUT2D eigenvalue weighted by molar-refractivity contribution is -0.118. The van der Waals surface area contributed by atoms with Crippen molar-refractivity contribution in [1.29, 1.82) is 0 Å². The van der Waals surface area contributed by atoms with Crippen molar-refractivity contribution in [3.05, 3.63) is 77.7 Å². The molecule has 1 unspecified atom stereocenters. The summed E-state index contributed by atoms with van der Waals surface area (Å²) < 4.78 is 13.1. The van der Waals surface area contributed by atoms with Crippen LogP contribution in [-0.4, -0.2) is 29.1 Å². The van der Waals surface area contributed by atoms with Crippen LogP contribution in [0.4, 0.5) is 4.39 Å². The molecule has 3 nitrogen and oxygen atoms in total. The van der Waals surface area contributed by atoms with E-state index in [2.05, 4.69) is 28.5 Å². The van der Waals surface area contributed by atoms with E-state index in [1.165, 1.54) is 23.1 Å². The van der Waals surface area contributed by atoms with Gasteiger partial charge in [0, 0.05) is 29.4 Å². The molecule has 0 spiro atoms. The first-order chi connectivity index (χ1) is 13.2. The first-order valence-corrected chi connectivity index (χ1v) is 10.2. The number of carbonyl (C=O) groups excluding carboxylic acids is 1. The molecule has 2 heterocycles. The van der Waals surface area contributed by atoms with Crippen LogP contribution >= 0.6 is 11.8 Å². The van der Waals surface area contributed by atoms with Crippen molar-refractivity contribution in [1.82, 2.24) is 10.3 Å². The van der Waals surface area contributed by atoms with Crippen molar-refractivity contribution in [3.63, 3.8) is 0 Å². The number of para-hydroxylation sites is 1. The van der Waals surface area contributed by atoms with Gasteiger partial charge in [-0.25, -0.2) is 4.39 Å². The molecule has 1 aromatic heterocycles. The second-order valence-corrected chi connectivity index (χ2v) is 7.71. The monoisotopic (exact) mass is 380 g/mol. The molecule has 0 fully saturated rings. The van der Waals surface area contributed by atoms with Gasteiger partial charge in [-0.05, 0) is 41.3 Å². The molecule has 27 heavy (non-hydrogen) atoms. The Morgan fingerprint density at radius 1 is 1.15 bits per heavy atom. The maximum atomic E-state index is 13.1. The van der Waals surface area contributed by atoms with E-state index in [1.54, 1.807) is 23.9 Å². The molecular weight excluding hydrogens is 359 g/mol. The first-order valence-electron chi connectivity index (χ1n) is 9.04. The molecule has 1 atom stereocenters. The van der Waals surface area contributed by atoms with Gasteiger partial charge in [-0.2, -0.15) is 0 Å². The van der Waals surface area contributed by atoms with Crippen molar-refractivity contribution in [2.75, 3.05) is 12.3 Å². The van der Waals surface area contributed by atoms with Gasteiger partial charge in [-0.3, -0.25) is 4.79 Å². The van der Waals surface area contributed by atoms with Gasteiger partial charge in [0.2, 0.25) is 0 Å². The maximum Gasteiger partial charge on any atom is 0.159 e. The number of aromatic nitrogens is 1. The number of Topliss-reactive ketones (excluding diaryl/α,β-unsaturated/α-hetero) is 1. The maximum absolute atomic E-state index is 13.1. The Morgan fingerprint density at radius 3 is 2.81 bits per heavy atom. The predicted octanol–water partition coefficient (Wildman–Crippen LogP) is 4.55. The largest absolute Gasteiger partial charge is 0.361 e. The van der Waals surface area contributed by atoms with Crippen LogP contribution < -0.4 is 5.32 Å². The highest BCUT2D eigenvalue weighted by Crippen LogP contribution is 2.25. The Kier molecular flexibility index (Phi) is 5.41. The normalized spacial score (nSPS) is 17.1. The molecule has 1 aliphatic rings. The highest BCUT2D eigenvalue weighted by molar-refractivity contribution is 7.99. The zero-order valence-corrected chi connectivity index (χ0v) is 15.7. The van der Waals surface area contributed by atoms with Crippen LogP contribution in [0, 0.1) is 5.82 Å². The van der Waals surface area contributed by atoms with E-state index in [0.717, 1.165) is 22.4 Å². The molecule has 4 rings (SSSR count). The smallest absolute Gasteiger partial charge is 0.159 e. The van der Waals surface area contributed by atoms with Crippen molar-refractivity contribution in [2.24, 2.45) is 0 Å². The summed E-state index contributed by atoms with van der Waals surface area (Å²) in [5.74, 6) is 1.26. The number of hydrogen-bond acceptors (Lipinski definition) is 3. The van der Waals surface area contributed by atoms with E-state index in [0.29, 0.717) is 18.7 Å². The van der Waals surface area contributed by atoms with Crippen LogP contribution in [0.1, 0.15) is 17.5 Å². The average Bonchev–Trinajstić information content (AvgIpc) is 3.12. The number of benzene rings is 2. The number of fused-ring (bicyclic) bond motifs is 1. The minimum absolute atomic E-state index is 0.175. The van der Waals surface area contributed by atoms with Gasteiger partial charge in [-0.15, -0.1) is 11.8 Å². The van der Waals surface area contributed by atoms with Crippen LogP contribution in [-0.2, 0) is 10.5 Å². The molecule has 0 saturated carbocycles. The summed E-state index contributed by atoms with van der Waals surface area (Å²) in [7, 11) is 0. The van der Waals surface area contributed by atoms with Gasteiger partial charge in [0.25, 0.3) is 0 Å². The minimum Gasteiger partial charge on any atom is -0.361 e. The van der Waals surface area contributed by atoms with E-state index in [1.807, 2.05) is 18.3 Å². The summed E-state index contributed by atoms with van der Waals surface area (Å²) in [6.45, 7) is 0.663. The Bertz CT molecular complexity index is 977. The van der Waals surface area contributed by atoms with E-state index in [9.17, 15) is 9.18 Å². The van der Waals surface area contributed by atoms with Crippen molar-refractivity contribution >= 4 is 34.0 Å². The highest BCUT2D eigenvalue weighted by Gasteiger charge is 2.22. The van der Waals surface area contributed by atoms with Gasteiger partial charge in [0.15, 0.2) is 5.78 Å². The minimum atomic E-state index is -0.241. The van der Waals surface area contributed by atoms with E-state index in [-0.39, 0.29) is 17.6 Å². The number of aromatic amines is 1. The highest BCUT2D eigenvalue weighted by atomic mass is 32.2. The predicted molar refractivity (Wildman–Crippen MR) is 110 cm³/mol. The molecule has 3 aromatic rings.